The van der Waals surface area contributed by atoms with Crippen LogP contribution in [0.5, 0.6) is 0 Å². The van der Waals surface area contributed by atoms with Gasteiger partial charge in [0.1, 0.15) is 11.9 Å². The van der Waals surface area contributed by atoms with E-state index in [1.807, 2.05) is 47.2 Å². The molecule has 1 aliphatic heterocycles. The van der Waals surface area contributed by atoms with Crippen LogP contribution in [0, 0.1) is 25.2 Å². The average Bonchev–Trinajstić information content (AvgIpc) is 3.43. The number of fused-ring (bicyclic) bond motifs is 1. The number of carbonyl (C=O) groups is 1. The third kappa shape index (κ3) is 3.86. The summed E-state index contributed by atoms with van der Waals surface area (Å²) in [5.74, 6) is 0.531. The molecule has 8 nitrogen and oxygen atoms in total. The average molecular weight is 411 g/mol. The summed E-state index contributed by atoms with van der Waals surface area (Å²) in [5.41, 5.74) is 3.10. The van der Waals surface area contributed by atoms with E-state index >= 15 is 0 Å². The highest BCUT2D eigenvalue weighted by Gasteiger charge is 2.24. The van der Waals surface area contributed by atoms with E-state index < -0.39 is 0 Å². The third-order valence-corrected chi connectivity index (χ3v) is 6.17. The fourth-order valence-electron chi connectivity index (χ4n) is 3.57. The molecule has 4 heterocycles. The van der Waals surface area contributed by atoms with Crippen molar-refractivity contribution in [1.82, 2.24) is 19.2 Å². The van der Waals surface area contributed by atoms with Crippen molar-refractivity contribution in [3.05, 3.63) is 41.2 Å². The second-order valence-electron chi connectivity index (χ2n) is 7.04. The first-order chi connectivity index (χ1) is 14.1. The lowest BCUT2D eigenvalue weighted by molar-refractivity contribution is -0.113. The van der Waals surface area contributed by atoms with Crippen molar-refractivity contribution in [2.45, 2.75) is 44.5 Å². The van der Waals surface area contributed by atoms with Gasteiger partial charge in [-0.05, 0) is 44.4 Å². The molecule has 0 aromatic carbocycles. The number of ether oxygens (including phenoxy) is 1. The number of amides is 1. The molecule has 0 saturated carbocycles. The van der Waals surface area contributed by atoms with Crippen molar-refractivity contribution in [3.8, 4) is 6.07 Å². The van der Waals surface area contributed by atoms with Crippen LogP contribution in [0.3, 0.4) is 0 Å². The smallest absolute Gasteiger partial charge is 0.235 e. The number of rotatable bonds is 6. The third-order valence-electron chi connectivity index (χ3n) is 5.22. The number of carbonyl (C=O) groups excluding carboxylic acids is 1. The number of anilines is 1. The lowest BCUT2D eigenvalue weighted by atomic mass is 10.2. The molecular weight excluding hydrogens is 388 g/mol. The fraction of sp³-hybridized carbons (Fsp3) is 0.400. The minimum absolute atomic E-state index is 0.111. The molecule has 3 aromatic heterocycles. The maximum Gasteiger partial charge on any atom is 0.235 e. The lowest BCUT2D eigenvalue weighted by Gasteiger charge is -2.16. The van der Waals surface area contributed by atoms with Crippen LogP contribution in [0.15, 0.2) is 29.6 Å². The zero-order valence-electron chi connectivity index (χ0n) is 16.4. The first-order valence-corrected chi connectivity index (χ1v) is 10.5. The summed E-state index contributed by atoms with van der Waals surface area (Å²) >= 11 is 1.31. The zero-order chi connectivity index (χ0) is 20.4. The molecule has 29 heavy (non-hydrogen) atoms. The van der Waals surface area contributed by atoms with Crippen LogP contribution in [-0.4, -0.2) is 43.5 Å². The second-order valence-corrected chi connectivity index (χ2v) is 7.98. The van der Waals surface area contributed by atoms with Gasteiger partial charge in [-0.2, -0.15) is 5.26 Å². The molecule has 150 valence electrons. The summed E-state index contributed by atoms with van der Waals surface area (Å²) in [5, 5.41) is 21.5. The minimum atomic E-state index is -0.190. The Kier molecular flexibility index (Phi) is 5.56. The van der Waals surface area contributed by atoms with Gasteiger partial charge in [0, 0.05) is 18.5 Å². The molecule has 9 heteroatoms. The van der Waals surface area contributed by atoms with Gasteiger partial charge in [-0.3, -0.25) is 9.20 Å². The molecule has 1 aliphatic rings. The van der Waals surface area contributed by atoms with Gasteiger partial charge in [0.15, 0.2) is 10.8 Å². The van der Waals surface area contributed by atoms with Crippen LogP contribution in [-0.2, 0) is 16.1 Å². The number of hydrogen-bond acceptors (Lipinski definition) is 6. The summed E-state index contributed by atoms with van der Waals surface area (Å²) in [6, 6.07) is 7.88. The minimum Gasteiger partial charge on any atom is -0.376 e. The molecule has 0 spiro atoms. The molecule has 3 aromatic rings. The Morgan fingerprint density at radius 2 is 2.28 bits per heavy atom. The van der Waals surface area contributed by atoms with Crippen molar-refractivity contribution in [2.24, 2.45) is 0 Å². The number of hydrogen-bond donors (Lipinski definition) is 1. The lowest BCUT2D eigenvalue weighted by Crippen LogP contribution is -2.22. The van der Waals surface area contributed by atoms with Crippen molar-refractivity contribution in [2.75, 3.05) is 17.7 Å². The quantitative estimate of drug-likeness (QED) is 0.628. The predicted octanol–water partition coefficient (Wildman–Crippen LogP) is 2.93. The highest BCUT2D eigenvalue weighted by atomic mass is 32.2. The van der Waals surface area contributed by atoms with Gasteiger partial charge < -0.3 is 14.6 Å². The maximum absolute atomic E-state index is 12.7. The highest BCUT2D eigenvalue weighted by molar-refractivity contribution is 7.99. The standard InChI is InChI=1S/C20H22N6O2S/c1-13-14(2)26(11-15-6-5-9-28-15)19(16(13)10-21)22-18(27)12-29-20-24-23-17-7-3-4-8-25(17)20/h3-4,7-8,15H,5-6,9,11-12H2,1-2H3,(H,22,27)/t15-/m0/s1. The first kappa shape index (κ1) is 19.5. The van der Waals surface area contributed by atoms with Crippen LogP contribution in [0.2, 0.25) is 0 Å². The van der Waals surface area contributed by atoms with E-state index in [1.54, 1.807) is 0 Å². The number of pyridine rings is 1. The van der Waals surface area contributed by atoms with Crippen molar-refractivity contribution >= 4 is 29.1 Å². The first-order valence-electron chi connectivity index (χ1n) is 9.52. The second kappa shape index (κ2) is 8.27. The Labute approximate surface area is 172 Å². The molecule has 1 saturated heterocycles. The molecule has 0 aliphatic carbocycles. The monoisotopic (exact) mass is 410 g/mol. The molecule has 4 rings (SSSR count). The zero-order valence-corrected chi connectivity index (χ0v) is 17.2. The van der Waals surface area contributed by atoms with Gasteiger partial charge >= 0.3 is 0 Å². The Bertz CT molecular complexity index is 1090. The van der Waals surface area contributed by atoms with Gasteiger partial charge in [0.05, 0.1) is 24.0 Å². The van der Waals surface area contributed by atoms with Crippen molar-refractivity contribution in [1.29, 1.82) is 5.26 Å². The fourth-order valence-corrected chi connectivity index (χ4v) is 4.29. The molecule has 1 N–H and O–H groups in total. The van der Waals surface area contributed by atoms with E-state index in [0.717, 1.165) is 36.4 Å². The summed E-state index contributed by atoms with van der Waals surface area (Å²) in [4.78, 5) is 12.7. The van der Waals surface area contributed by atoms with Gasteiger partial charge in [-0.15, -0.1) is 10.2 Å². The topological polar surface area (TPSA) is 97.2 Å². The summed E-state index contributed by atoms with van der Waals surface area (Å²) < 4.78 is 9.59. The summed E-state index contributed by atoms with van der Waals surface area (Å²) in [6.45, 7) is 5.27. The van der Waals surface area contributed by atoms with E-state index in [4.69, 9.17) is 4.74 Å². The molecule has 0 unspecified atom stereocenters. The number of nitriles is 1. The number of thioether (sulfide) groups is 1. The molecule has 1 amide bonds. The van der Waals surface area contributed by atoms with E-state index in [2.05, 4.69) is 21.6 Å². The Morgan fingerprint density at radius 3 is 3.03 bits per heavy atom. The maximum atomic E-state index is 12.7. The van der Waals surface area contributed by atoms with Crippen LogP contribution >= 0.6 is 11.8 Å². The molecule has 0 radical (unpaired) electrons. The number of nitrogens with zero attached hydrogens (tertiary/aromatic N) is 5. The van der Waals surface area contributed by atoms with Crippen molar-refractivity contribution < 1.29 is 9.53 Å². The van der Waals surface area contributed by atoms with E-state index in [1.165, 1.54) is 11.8 Å². The van der Waals surface area contributed by atoms with Gasteiger partial charge in [0.25, 0.3) is 0 Å². The van der Waals surface area contributed by atoms with E-state index in [-0.39, 0.29) is 17.8 Å². The van der Waals surface area contributed by atoms with Gasteiger partial charge in [-0.1, -0.05) is 17.8 Å². The summed E-state index contributed by atoms with van der Waals surface area (Å²) in [6.07, 6.45) is 4.00. The summed E-state index contributed by atoms with van der Waals surface area (Å²) in [7, 11) is 0. The molecule has 1 atom stereocenters. The molecule has 0 bridgehead atoms. The van der Waals surface area contributed by atoms with Gasteiger partial charge in [0.2, 0.25) is 5.91 Å². The van der Waals surface area contributed by atoms with Crippen LogP contribution in [0.4, 0.5) is 5.82 Å². The van der Waals surface area contributed by atoms with E-state index in [0.29, 0.717) is 23.1 Å². The van der Waals surface area contributed by atoms with Crippen LogP contribution < -0.4 is 5.32 Å². The van der Waals surface area contributed by atoms with Gasteiger partial charge in [-0.25, -0.2) is 0 Å². The predicted molar refractivity (Wildman–Crippen MR) is 110 cm³/mol. The van der Waals surface area contributed by atoms with Crippen LogP contribution in [0.25, 0.3) is 5.65 Å². The molecule has 1 fully saturated rings. The normalized spacial score (nSPS) is 16.2. The number of aromatic nitrogens is 4. The Morgan fingerprint density at radius 1 is 1.41 bits per heavy atom. The SMILES string of the molecule is Cc1c(C#N)c(NC(=O)CSc2nnc3ccccn23)n(C[C@@H]2CCCO2)c1C. The van der Waals surface area contributed by atoms with Crippen molar-refractivity contribution in [3.63, 3.8) is 0 Å². The molecular formula is C20H22N6O2S. The van der Waals surface area contributed by atoms with E-state index in [9.17, 15) is 10.1 Å². The Hall–Kier alpha value is -2.83. The Balaban J connectivity index is 1.51. The number of nitrogens with one attached hydrogen (secondary N) is 1. The van der Waals surface area contributed by atoms with Crippen LogP contribution in [0.1, 0.15) is 29.7 Å². The largest absolute Gasteiger partial charge is 0.376 e. The highest BCUT2D eigenvalue weighted by Crippen LogP contribution is 2.29.